The van der Waals surface area contributed by atoms with Crippen molar-refractivity contribution in [1.29, 1.82) is 0 Å². The average molecular weight is 465 g/mol. The van der Waals surface area contributed by atoms with Crippen molar-refractivity contribution in [2.75, 3.05) is 10.0 Å². The first-order chi connectivity index (χ1) is 14.2. The van der Waals surface area contributed by atoms with E-state index in [1.165, 1.54) is 30.3 Å². The second-order valence-corrected chi connectivity index (χ2v) is 8.90. The van der Waals surface area contributed by atoms with Gasteiger partial charge in [0, 0.05) is 15.7 Å². The molecule has 6 nitrogen and oxygen atoms in total. The molecule has 0 fully saturated rings. The first-order valence-electron chi connectivity index (χ1n) is 8.84. The maximum atomic E-state index is 12.5. The fourth-order valence-electron chi connectivity index (χ4n) is 2.53. The summed E-state index contributed by atoms with van der Waals surface area (Å²) in [5, 5.41) is 3.60. The molecule has 1 atom stereocenters. The molecule has 156 valence electrons. The van der Waals surface area contributed by atoms with Crippen molar-refractivity contribution in [2.45, 2.75) is 17.9 Å². The number of sulfonamides is 1. The minimum absolute atomic E-state index is 0.0451. The van der Waals surface area contributed by atoms with E-state index in [1.54, 1.807) is 49.4 Å². The standard InChI is InChI=1S/C21H18Cl2N2O4S/c1-14(29-19-7-3-5-16(23)13-19)21(26)24-17-8-10-20(11-9-17)30(27,28)25-18-6-2-4-15(22)12-18/h2-14,25H,1H3,(H,24,26)/t14-/m1/s1. The van der Waals surface area contributed by atoms with Crippen molar-refractivity contribution in [3.63, 3.8) is 0 Å². The number of benzene rings is 3. The Morgan fingerprint density at radius 3 is 2.17 bits per heavy atom. The maximum absolute atomic E-state index is 12.5. The van der Waals surface area contributed by atoms with Gasteiger partial charge in [0.15, 0.2) is 6.10 Å². The van der Waals surface area contributed by atoms with E-state index in [0.29, 0.717) is 27.2 Å². The van der Waals surface area contributed by atoms with Crippen LogP contribution in [0.5, 0.6) is 5.75 Å². The molecule has 3 aromatic rings. The van der Waals surface area contributed by atoms with Gasteiger partial charge in [0.2, 0.25) is 0 Å². The quantitative estimate of drug-likeness (QED) is 0.503. The molecular weight excluding hydrogens is 447 g/mol. The van der Waals surface area contributed by atoms with Crippen LogP contribution in [0.3, 0.4) is 0 Å². The van der Waals surface area contributed by atoms with Crippen LogP contribution in [0, 0.1) is 0 Å². The SMILES string of the molecule is C[C@@H](Oc1cccc(Cl)c1)C(=O)Nc1ccc(S(=O)(=O)Nc2cccc(Cl)c2)cc1. The monoisotopic (exact) mass is 464 g/mol. The van der Waals surface area contributed by atoms with Gasteiger partial charge in [-0.2, -0.15) is 0 Å². The summed E-state index contributed by atoms with van der Waals surface area (Å²) in [5.41, 5.74) is 0.787. The summed E-state index contributed by atoms with van der Waals surface area (Å²) >= 11 is 11.8. The lowest BCUT2D eigenvalue weighted by Crippen LogP contribution is -2.30. The van der Waals surface area contributed by atoms with E-state index in [9.17, 15) is 13.2 Å². The number of carbonyl (C=O) groups is 1. The van der Waals surface area contributed by atoms with E-state index in [0.717, 1.165) is 0 Å². The van der Waals surface area contributed by atoms with Gasteiger partial charge >= 0.3 is 0 Å². The normalized spacial score (nSPS) is 12.1. The van der Waals surface area contributed by atoms with Gasteiger partial charge < -0.3 is 10.1 Å². The molecule has 0 radical (unpaired) electrons. The fraction of sp³-hybridized carbons (Fsp3) is 0.0952. The molecule has 0 aromatic heterocycles. The summed E-state index contributed by atoms with van der Waals surface area (Å²) in [7, 11) is -3.79. The third-order valence-corrected chi connectivity index (χ3v) is 5.85. The van der Waals surface area contributed by atoms with Crippen LogP contribution in [-0.2, 0) is 14.8 Å². The van der Waals surface area contributed by atoms with E-state index in [4.69, 9.17) is 27.9 Å². The zero-order chi connectivity index (χ0) is 21.7. The largest absolute Gasteiger partial charge is 0.481 e. The van der Waals surface area contributed by atoms with Crippen LogP contribution < -0.4 is 14.8 Å². The van der Waals surface area contributed by atoms with Crippen LogP contribution in [0.25, 0.3) is 0 Å². The maximum Gasteiger partial charge on any atom is 0.265 e. The number of carbonyl (C=O) groups excluding carboxylic acids is 1. The van der Waals surface area contributed by atoms with E-state index in [-0.39, 0.29) is 10.8 Å². The average Bonchev–Trinajstić information content (AvgIpc) is 2.68. The van der Waals surface area contributed by atoms with Crippen LogP contribution in [0.2, 0.25) is 10.0 Å². The molecule has 9 heteroatoms. The summed E-state index contributed by atoms with van der Waals surface area (Å²) in [4.78, 5) is 12.4. The Morgan fingerprint density at radius 2 is 1.53 bits per heavy atom. The summed E-state index contributed by atoms with van der Waals surface area (Å²) < 4.78 is 33.1. The molecule has 30 heavy (non-hydrogen) atoms. The van der Waals surface area contributed by atoms with Gasteiger partial charge in [-0.25, -0.2) is 8.42 Å². The molecule has 3 aromatic carbocycles. The first kappa shape index (κ1) is 22.0. The van der Waals surface area contributed by atoms with Crippen molar-refractivity contribution < 1.29 is 17.9 Å². The smallest absolute Gasteiger partial charge is 0.265 e. The molecule has 0 aliphatic rings. The van der Waals surface area contributed by atoms with Crippen LogP contribution in [0.1, 0.15) is 6.92 Å². The number of ether oxygens (including phenoxy) is 1. The molecule has 3 rings (SSSR count). The Balaban J connectivity index is 1.64. The van der Waals surface area contributed by atoms with Crippen molar-refractivity contribution in [3.8, 4) is 5.75 Å². The Kier molecular flexibility index (Phi) is 6.87. The molecule has 2 N–H and O–H groups in total. The Labute approximate surface area is 184 Å². The number of nitrogens with one attached hydrogen (secondary N) is 2. The van der Waals surface area contributed by atoms with Crippen LogP contribution in [0.4, 0.5) is 11.4 Å². The lowest BCUT2D eigenvalue weighted by atomic mass is 10.3. The van der Waals surface area contributed by atoms with Gasteiger partial charge in [0.25, 0.3) is 15.9 Å². The second kappa shape index (κ2) is 9.38. The molecular formula is C21H18Cl2N2O4S. The third-order valence-electron chi connectivity index (χ3n) is 3.99. The summed E-state index contributed by atoms with van der Waals surface area (Å²) in [5.74, 6) is 0.0846. The molecule has 0 aliphatic heterocycles. The van der Waals surface area contributed by atoms with Crippen LogP contribution in [-0.4, -0.2) is 20.4 Å². The number of hydrogen-bond donors (Lipinski definition) is 2. The predicted molar refractivity (Wildman–Crippen MR) is 119 cm³/mol. The number of anilines is 2. The second-order valence-electron chi connectivity index (χ2n) is 6.35. The summed E-state index contributed by atoms with van der Waals surface area (Å²) in [6.07, 6.45) is -0.781. The highest BCUT2D eigenvalue weighted by Crippen LogP contribution is 2.22. The highest BCUT2D eigenvalue weighted by molar-refractivity contribution is 7.92. The van der Waals surface area contributed by atoms with Crippen molar-refractivity contribution in [1.82, 2.24) is 0 Å². The van der Waals surface area contributed by atoms with Gasteiger partial charge in [0.05, 0.1) is 10.6 Å². The molecule has 1 amide bonds. The number of hydrogen-bond acceptors (Lipinski definition) is 4. The Hall–Kier alpha value is -2.74. The van der Waals surface area contributed by atoms with Gasteiger partial charge in [0.1, 0.15) is 5.75 Å². The Morgan fingerprint density at radius 1 is 0.900 bits per heavy atom. The third kappa shape index (κ3) is 5.89. The first-order valence-corrected chi connectivity index (χ1v) is 11.1. The van der Waals surface area contributed by atoms with Gasteiger partial charge in [-0.3, -0.25) is 9.52 Å². The van der Waals surface area contributed by atoms with E-state index in [1.807, 2.05) is 0 Å². The van der Waals surface area contributed by atoms with E-state index >= 15 is 0 Å². The molecule has 0 saturated heterocycles. The zero-order valence-corrected chi connectivity index (χ0v) is 18.1. The van der Waals surface area contributed by atoms with Gasteiger partial charge in [-0.15, -0.1) is 0 Å². The lowest BCUT2D eigenvalue weighted by Gasteiger charge is -2.15. The van der Waals surface area contributed by atoms with Crippen molar-refractivity contribution >= 4 is 50.5 Å². The number of halogens is 2. The van der Waals surface area contributed by atoms with Crippen molar-refractivity contribution in [2.24, 2.45) is 0 Å². The predicted octanol–water partition coefficient (Wildman–Crippen LogP) is 5.20. The van der Waals surface area contributed by atoms with Gasteiger partial charge in [-0.05, 0) is 67.6 Å². The Bertz CT molecular complexity index is 1150. The zero-order valence-electron chi connectivity index (χ0n) is 15.8. The van der Waals surface area contributed by atoms with E-state index < -0.39 is 16.1 Å². The van der Waals surface area contributed by atoms with Crippen LogP contribution >= 0.6 is 23.2 Å². The number of amides is 1. The summed E-state index contributed by atoms with van der Waals surface area (Å²) in [6.45, 7) is 1.60. The highest BCUT2D eigenvalue weighted by atomic mass is 35.5. The minimum Gasteiger partial charge on any atom is -0.481 e. The molecule has 0 unspecified atom stereocenters. The lowest BCUT2D eigenvalue weighted by molar-refractivity contribution is -0.122. The summed E-state index contributed by atoms with van der Waals surface area (Å²) in [6, 6.07) is 18.9. The van der Waals surface area contributed by atoms with Gasteiger partial charge in [-0.1, -0.05) is 35.3 Å². The highest BCUT2D eigenvalue weighted by Gasteiger charge is 2.17. The molecule has 0 bridgehead atoms. The van der Waals surface area contributed by atoms with Crippen LogP contribution in [0.15, 0.2) is 77.7 Å². The molecule has 0 aliphatic carbocycles. The molecule has 0 spiro atoms. The van der Waals surface area contributed by atoms with E-state index in [2.05, 4.69) is 10.0 Å². The fourth-order valence-corrected chi connectivity index (χ4v) is 3.95. The van der Waals surface area contributed by atoms with Crippen molar-refractivity contribution in [3.05, 3.63) is 82.8 Å². The number of rotatable bonds is 7. The molecule has 0 saturated carbocycles. The minimum atomic E-state index is -3.79. The molecule has 0 heterocycles. The topological polar surface area (TPSA) is 84.5 Å².